The second-order valence-electron chi connectivity index (χ2n) is 8.12. The Hall–Kier alpha value is -4.28. The zero-order valence-electron chi connectivity index (χ0n) is 20.8. The molecule has 3 N–H and O–H groups in total. The molecule has 4 aromatic rings. The van der Waals surface area contributed by atoms with E-state index in [4.69, 9.17) is 32.7 Å². The Morgan fingerprint density at radius 1 is 1.16 bits per heavy atom. The van der Waals surface area contributed by atoms with Gasteiger partial charge in [0.25, 0.3) is 5.56 Å². The Bertz CT molecular complexity index is 1640. The van der Waals surface area contributed by atoms with Crippen LogP contribution in [0.2, 0.25) is 10.0 Å². The third-order valence-electron chi connectivity index (χ3n) is 5.87. The highest BCUT2D eigenvalue weighted by atomic mass is 35.5. The lowest BCUT2D eigenvalue weighted by Gasteiger charge is -2.18. The maximum Gasteiger partial charge on any atom is 0.263 e. The highest BCUT2D eigenvalue weighted by Gasteiger charge is 2.26. The van der Waals surface area contributed by atoms with Gasteiger partial charge in [0, 0.05) is 24.9 Å². The number of fused-ring (bicyclic) bond motifs is 1. The van der Waals surface area contributed by atoms with E-state index < -0.39 is 11.3 Å². The zero-order valence-corrected chi connectivity index (χ0v) is 22.4. The largest absolute Gasteiger partial charge is 0.506 e. The van der Waals surface area contributed by atoms with Gasteiger partial charge in [-0.25, -0.2) is 4.98 Å². The van der Waals surface area contributed by atoms with E-state index >= 15 is 0 Å². The molecule has 2 aromatic heterocycles. The van der Waals surface area contributed by atoms with Crippen LogP contribution in [0.5, 0.6) is 17.2 Å². The van der Waals surface area contributed by atoms with Gasteiger partial charge in [-0.1, -0.05) is 41.9 Å². The number of hydrogen-bond donors (Lipinski definition) is 3. The number of para-hydroxylation sites is 1. The molecule has 10 nitrogen and oxygen atoms in total. The first-order chi connectivity index (χ1) is 18.1. The smallest absolute Gasteiger partial charge is 0.263 e. The van der Waals surface area contributed by atoms with Gasteiger partial charge >= 0.3 is 0 Å². The maximum atomic E-state index is 13.5. The summed E-state index contributed by atoms with van der Waals surface area (Å²) in [5, 5.41) is 17.2. The number of halogens is 2. The van der Waals surface area contributed by atoms with Gasteiger partial charge in [-0.2, -0.15) is 4.98 Å². The number of hydrogen-bond acceptors (Lipinski definition) is 8. The molecular formula is C26H23Cl2N5O5. The summed E-state index contributed by atoms with van der Waals surface area (Å²) in [5.41, 5.74) is 1.25. The molecule has 0 radical (unpaired) electrons. The number of aryl methyl sites for hydroxylation is 2. The summed E-state index contributed by atoms with van der Waals surface area (Å²) in [5.74, 6) is -0.258. The summed E-state index contributed by atoms with van der Waals surface area (Å²) in [6.07, 6.45) is 2.52. The Morgan fingerprint density at radius 2 is 1.82 bits per heavy atom. The predicted molar refractivity (Wildman–Crippen MR) is 148 cm³/mol. The molecule has 12 heteroatoms. The van der Waals surface area contributed by atoms with Crippen molar-refractivity contribution in [2.75, 3.05) is 24.9 Å². The van der Waals surface area contributed by atoms with Crippen LogP contribution in [0.15, 0.2) is 47.9 Å². The minimum atomic E-state index is -0.617. The van der Waals surface area contributed by atoms with Gasteiger partial charge in [0.05, 0.1) is 46.6 Å². The van der Waals surface area contributed by atoms with Gasteiger partial charge in [0.1, 0.15) is 17.2 Å². The molecular weight excluding hydrogens is 533 g/mol. The van der Waals surface area contributed by atoms with E-state index in [2.05, 4.69) is 27.2 Å². The Labute approximate surface area is 227 Å². The SMILES string of the molecule is C=CC(=O)Nc1cccc(C)c1Nc1ncc2c(O)c(-c3c(Cl)c(OC)cc(OC)c3Cl)c(=O)n(C)c2n1. The third kappa shape index (κ3) is 4.59. The predicted octanol–water partition coefficient (Wildman–Crippen LogP) is 5.20. The monoisotopic (exact) mass is 555 g/mol. The van der Waals surface area contributed by atoms with Crippen molar-refractivity contribution in [2.45, 2.75) is 6.92 Å². The average Bonchev–Trinajstić information content (AvgIpc) is 2.91. The summed E-state index contributed by atoms with van der Waals surface area (Å²) in [6.45, 7) is 5.31. The van der Waals surface area contributed by atoms with Crippen LogP contribution < -0.4 is 25.7 Å². The molecule has 0 bridgehead atoms. The third-order valence-corrected chi connectivity index (χ3v) is 6.62. The first-order valence-corrected chi connectivity index (χ1v) is 11.9. The molecule has 0 saturated heterocycles. The molecule has 0 saturated carbocycles. The summed E-state index contributed by atoms with van der Waals surface area (Å²) >= 11 is 13.0. The molecule has 0 aliphatic heterocycles. The number of aromatic nitrogens is 3. The Morgan fingerprint density at radius 3 is 2.42 bits per heavy atom. The van der Waals surface area contributed by atoms with E-state index in [1.807, 2.05) is 13.0 Å². The van der Waals surface area contributed by atoms with E-state index in [0.29, 0.717) is 11.4 Å². The standard InChI is InChI=1S/C26H23Cl2N5O5/c1-6-17(34)30-14-9-7-8-12(2)22(14)31-26-29-11-13-23(35)19(25(36)33(3)24(13)32-26)18-20(27)15(37-4)10-16(38-5)21(18)28/h6-11,35H,1H2,2-5H3,(H,30,34)(H,29,31,32). The van der Waals surface area contributed by atoms with Crippen molar-refractivity contribution in [3.8, 4) is 28.4 Å². The molecule has 196 valence electrons. The summed E-state index contributed by atoms with van der Waals surface area (Å²) in [6, 6.07) is 6.82. The lowest BCUT2D eigenvalue weighted by atomic mass is 10.0. The average molecular weight is 556 g/mol. The molecule has 0 unspecified atom stereocenters. The maximum absolute atomic E-state index is 13.5. The minimum absolute atomic E-state index is 0.0258. The van der Waals surface area contributed by atoms with Gasteiger partial charge in [-0.05, 0) is 24.6 Å². The fourth-order valence-corrected chi connectivity index (χ4v) is 4.61. The highest BCUT2D eigenvalue weighted by Crippen LogP contribution is 2.48. The molecule has 4 rings (SSSR count). The molecule has 0 spiro atoms. The fraction of sp³-hybridized carbons (Fsp3) is 0.154. The number of aromatic hydroxyl groups is 1. The van der Waals surface area contributed by atoms with Crippen LogP contribution in [0.25, 0.3) is 22.2 Å². The summed E-state index contributed by atoms with van der Waals surface area (Å²) in [4.78, 5) is 34.2. The Kier molecular flexibility index (Phi) is 7.47. The quantitative estimate of drug-likeness (QED) is 0.265. The van der Waals surface area contributed by atoms with Gasteiger partial charge in [-0.3, -0.25) is 14.2 Å². The normalized spacial score (nSPS) is 10.8. The van der Waals surface area contributed by atoms with E-state index in [1.54, 1.807) is 12.1 Å². The topological polar surface area (TPSA) is 128 Å². The molecule has 0 atom stereocenters. The lowest BCUT2D eigenvalue weighted by Crippen LogP contribution is -2.21. The summed E-state index contributed by atoms with van der Waals surface area (Å²) < 4.78 is 11.8. The van der Waals surface area contributed by atoms with Crippen molar-refractivity contribution in [2.24, 2.45) is 7.05 Å². The first kappa shape index (κ1) is 26.8. The van der Waals surface area contributed by atoms with E-state index in [0.717, 1.165) is 11.6 Å². The van der Waals surface area contributed by atoms with Crippen LogP contribution in [-0.2, 0) is 11.8 Å². The van der Waals surface area contributed by atoms with E-state index in [9.17, 15) is 14.7 Å². The molecule has 2 heterocycles. The van der Waals surface area contributed by atoms with Crippen molar-refractivity contribution in [3.63, 3.8) is 0 Å². The zero-order chi connectivity index (χ0) is 27.7. The van der Waals surface area contributed by atoms with E-state index in [1.165, 1.54) is 38.1 Å². The van der Waals surface area contributed by atoms with Crippen LogP contribution in [0.4, 0.5) is 17.3 Å². The number of carbonyl (C=O) groups is 1. The molecule has 0 fully saturated rings. The van der Waals surface area contributed by atoms with Gasteiger partial charge in [0.15, 0.2) is 5.65 Å². The number of rotatable bonds is 7. The molecule has 0 aliphatic carbocycles. The van der Waals surface area contributed by atoms with Crippen molar-refractivity contribution in [3.05, 3.63) is 69.1 Å². The molecule has 0 aliphatic rings. The lowest BCUT2D eigenvalue weighted by molar-refractivity contribution is -0.111. The van der Waals surface area contributed by atoms with Crippen LogP contribution in [0.1, 0.15) is 5.56 Å². The number of pyridine rings is 1. The van der Waals surface area contributed by atoms with Crippen molar-refractivity contribution in [1.29, 1.82) is 0 Å². The van der Waals surface area contributed by atoms with Crippen LogP contribution >= 0.6 is 23.2 Å². The highest BCUT2D eigenvalue weighted by molar-refractivity contribution is 6.41. The first-order valence-electron chi connectivity index (χ1n) is 11.1. The second-order valence-corrected chi connectivity index (χ2v) is 8.87. The number of nitrogens with zero attached hydrogens (tertiary/aromatic N) is 3. The number of anilines is 3. The number of methoxy groups -OCH3 is 2. The van der Waals surface area contributed by atoms with Crippen molar-refractivity contribution in [1.82, 2.24) is 14.5 Å². The Balaban J connectivity index is 1.89. The van der Waals surface area contributed by atoms with E-state index in [-0.39, 0.29) is 55.6 Å². The molecule has 1 amide bonds. The minimum Gasteiger partial charge on any atom is -0.506 e. The number of carbonyl (C=O) groups excluding carboxylic acids is 1. The number of benzene rings is 2. The van der Waals surface area contributed by atoms with Crippen molar-refractivity contribution >= 4 is 57.5 Å². The molecule has 2 aromatic carbocycles. The van der Waals surface area contributed by atoms with Crippen LogP contribution in [0.3, 0.4) is 0 Å². The number of nitrogens with one attached hydrogen (secondary N) is 2. The molecule has 38 heavy (non-hydrogen) atoms. The van der Waals surface area contributed by atoms with Gasteiger partial charge in [0.2, 0.25) is 11.9 Å². The van der Waals surface area contributed by atoms with Gasteiger partial charge < -0.3 is 25.2 Å². The fourth-order valence-electron chi connectivity index (χ4n) is 3.92. The van der Waals surface area contributed by atoms with Crippen LogP contribution in [-0.4, -0.2) is 39.8 Å². The van der Waals surface area contributed by atoms with Crippen molar-refractivity contribution < 1.29 is 19.4 Å². The van der Waals surface area contributed by atoms with Gasteiger partial charge in [-0.15, -0.1) is 0 Å². The number of amides is 1. The van der Waals surface area contributed by atoms with Crippen LogP contribution in [0, 0.1) is 6.92 Å². The number of ether oxygens (including phenoxy) is 2. The summed E-state index contributed by atoms with van der Waals surface area (Å²) in [7, 11) is 4.30. The second kappa shape index (κ2) is 10.6.